The third-order valence-corrected chi connectivity index (χ3v) is 7.86. The summed E-state index contributed by atoms with van der Waals surface area (Å²) in [4.78, 5) is 27.9. The Hall–Kier alpha value is -4.91. The molecule has 3 aromatic carbocycles. The van der Waals surface area contributed by atoms with E-state index >= 15 is 0 Å². The number of phenols is 1. The molecular formula is C32H26Cl2N4O7S. The standard InChI is InChI=1S/C32H26Cl2N4O7S/c1-42-26-12-19(13-27(43-2)30(26)40)16-35-37-32-38(17-24-4-3-11-44-24)31(41)28(46-32)15-20-14-22(34)7-10-25(20)45-18-29(39)36-23-8-5-21(33)6-9-23/h3-16,40H,17-18H2,1-2H3,(H,36,39)/b28-15-,35-16+,37-32-. The van der Waals surface area contributed by atoms with Crippen molar-refractivity contribution >= 4 is 69.9 Å². The second-order valence-corrected chi connectivity index (χ2v) is 11.4. The first kappa shape index (κ1) is 32.5. The molecule has 46 heavy (non-hydrogen) atoms. The Bertz CT molecular complexity index is 1800. The predicted octanol–water partition coefficient (Wildman–Crippen LogP) is 6.83. The molecule has 4 aromatic rings. The van der Waals surface area contributed by atoms with E-state index in [9.17, 15) is 14.7 Å². The highest BCUT2D eigenvalue weighted by atomic mass is 35.5. The number of benzene rings is 3. The van der Waals surface area contributed by atoms with Gasteiger partial charge in [0.05, 0.1) is 38.1 Å². The van der Waals surface area contributed by atoms with Crippen LogP contribution >= 0.6 is 35.0 Å². The molecule has 0 unspecified atom stereocenters. The fourth-order valence-corrected chi connectivity index (χ4v) is 5.42. The summed E-state index contributed by atoms with van der Waals surface area (Å²) in [5, 5.41) is 22.7. The van der Waals surface area contributed by atoms with Gasteiger partial charge in [0.2, 0.25) is 5.75 Å². The Morgan fingerprint density at radius 2 is 1.74 bits per heavy atom. The van der Waals surface area contributed by atoms with E-state index in [1.54, 1.807) is 72.8 Å². The van der Waals surface area contributed by atoms with Gasteiger partial charge in [0.1, 0.15) is 11.5 Å². The van der Waals surface area contributed by atoms with Crippen LogP contribution in [0.4, 0.5) is 5.69 Å². The predicted molar refractivity (Wildman–Crippen MR) is 178 cm³/mol. The number of nitrogens with one attached hydrogen (secondary N) is 1. The van der Waals surface area contributed by atoms with Crippen molar-refractivity contribution in [2.45, 2.75) is 6.54 Å². The van der Waals surface area contributed by atoms with Crippen LogP contribution in [0.2, 0.25) is 10.0 Å². The van der Waals surface area contributed by atoms with Gasteiger partial charge in [0.25, 0.3) is 11.8 Å². The number of hydrogen-bond donors (Lipinski definition) is 2. The first-order valence-corrected chi connectivity index (χ1v) is 15.1. The number of amides is 2. The maximum atomic E-state index is 13.6. The van der Waals surface area contributed by atoms with Crippen LogP contribution < -0.4 is 19.5 Å². The molecule has 2 amide bonds. The van der Waals surface area contributed by atoms with Gasteiger partial charge in [-0.2, -0.15) is 5.10 Å². The number of phenolic OH excluding ortho intramolecular Hbond substituents is 1. The molecule has 1 aliphatic rings. The summed E-state index contributed by atoms with van der Waals surface area (Å²) in [7, 11) is 2.84. The van der Waals surface area contributed by atoms with Crippen molar-refractivity contribution in [2.75, 3.05) is 26.1 Å². The molecule has 11 nitrogen and oxygen atoms in total. The Morgan fingerprint density at radius 1 is 1.02 bits per heavy atom. The van der Waals surface area contributed by atoms with Gasteiger partial charge in [-0.1, -0.05) is 23.2 Å². The maximum absolute atomic E-state index is 13.6. The zero-order valence-corrected chi connectivity index (χ0v) is 26.7. The van der Waals surface area contributed by atoms with E-state index < -0.39 is 0 Å². The summed E-state index contributed by atoms with van der Waals surface area (Å²) < 4.78 is 21.7. The number of anilines is 1. The lowest BCUT2D eigenvalue weighted by molar-refractivity contribution is -0.122. The third kappa shape index (κ3) is 8.02. The van der Waals surface area contributed by atoms with Crippen LogP contribution in [0.15, 0.2) is 92.5 Å². The van der Waals surface area contributed by atoms with Crippen molar-refractivity contribution in [1.82, 2.24) is 4.90 Å². The largest absolute Gasteiger partial charge is 0.502 e. The SMILES string of the molecule is COc1cc(/C=N/N=C2\S/C(=C\c3cc(Cl)ccc3OCC(=O)Nc3ccc(Cl)cc3)C(=O)N2Cc2ccco2)cc(OC)c1O. The number of ether oxygens (including phenoxy) is 3. The molecule has 1 fully saturated rings. The molecule has 1 aromatic heterocycles. The number of methoxy groups -OCH3 is 2. The van der Waals surface area contributed by atoms with Gasteiger partial charge in [-0.3, -0.25) is 14.5 Å². The van der Waals surface area contributed by atoms with Crippen LogP contribution in [-0.4, -0.2) is 54.0 Å². The summed E-state index contributed by atoms with van der Waals surface area (Å²) in [6, 6.07) is 18.2. The molecular weight excluding hydrogens is 655 g/mol. The molecule has 0 radical (unpaired) electrons. The monoisotopic (exact) mass is 680 g/mol. The van der Waals surface area contributed by atoms with Crippen LogP contribution in [0.25, 0.3) is 6.08 Å². The minimum absolute atomic E-state index is 0.106. The summed E-state index contributed by atoms with van der Waals surface area (Å²) in [5.74, 6) is 0.399. The second-order valence-electron chi connectivity index (χ2n) is 9.51. The van der Waals surface area contributed by atoms with Crippen LogP contribution in [0.3, 0.4) is 0 Å². The maximum Gasteiger partial charge on any atom is 0.267 e. The van der Waals surface area contributed by atoms with E-state index in [1.165, 1.54) is 31.6 Å². The number of hydrogen-bond acceptors (Lipinski definition) is 10. The third-order valence-electron chi connectivity index (χ3n) is 6.38. The van der Waals surface area contributed by atoms with Gasteiger partial charge < -0.3 is 29.1 Å². The van der Waals surface area contributed by atoms with Gasteiger partial charge >= 0.3 is 0 Å². The number of furan rings is 1. The topological polar surface area (TPSA) is 135 Å². The Balaban J connectivity index is 1.39. The highest BCUT2D eigenvalue weighted by Gasteiger charge is 2.34. The molecule has 2 heterocycles. The zero-order valence-electron chi connectivity index (χ0n) is 24.4. The average molecular weight is 682 g/mol. The molecule has 5 rings (SSSR count). The van der Waals surface area contributed by atoms with E-state index in [0.29, 0.717) is 43.3 Å². The van der Waals surface area contributed by atoms with Crippen molar-refractivity contribution in [3.05, 3.63) is 105 Å². The van der Waals surface area contributed by atoms with Crippen molar-refractivity contribution in [3.8, 4) is 23.0 Å². The Morgan fingerprint density at radius 3 is 2.41 bits per heavy atom. The highest BCUT2D eigenvalue weighted by Crippen LogP contribution is 2.38. The summed E-state index contributed by atoms with van der Waals surface area (Å²) in [6.07, 6.45) is 4.56. The number of carbonyl (C=O) groups excluding carboxylic acids is 2. The molecule has 0 atom stereocenters. The molecule has 1 saturated heterocycles. The normalized spacial score (nSPS) is 14.8. The molecule has 2 N–H and O–H groups in total. The van der Waals surface area contributed by atoms with Crippen LogP contribution in [0, 0.1) is 0 Å². The number of nitrogens with zero attached hydrogens (tertiary/aromatic N) is 3. The van der Waals surface area contributed by atoms with Gasteiger partial charge in [0, 0.05) is 26.9 Å². The quantitative estimate of drug-likeness (QED) is 0.0999. The van der Waals surface area contributed by atoms with Crippen LogP contribution in [-0.2, 0) is 16.1 Å². The van der Waals surface area contributed by atoms with Gasteiger partial charge in [0.15, 0.2) is 23.3 Å². The summed E-state index contributed by atoms with van der Waals surface area (Å²) >= 11 is 13.3. The van der Waals surface area contributed by atoms with E-state index in [1.807, 2.05) is 0 Å². The number of aromatic hydroxyl groups is 1. The Labute approximate surface area is 278 Å². The van der Waals surface area contributed by atoms with Crippen LogP contribution in [0.5, 0.6) is 23.0 Å². The summed E-state index contributed by atoms with van der Waals surface area (Å²) in [6.45, 7) is -0.185. The van der Waals surface area contributed by atoms with E-state index in [0.717, 1.165) is 11.8 Å². The Kier molecular flexibility index (Phi) is 10.5. The van der Waals surface area contributed by atoms with Gasteiger partial charge in [-0.15, -0.1) is 5.10 Å². The van der Waals surface area contributed by atoms with E-state index in [-0.39, 0.29) is 47.4 Å². The molecule has 0 aliphatic carbocycles. The van der Waals surface area contributed by atoms with Crippen molar-refractivity contribution in [2.24, 2.45) is 10.2 Å². The average Bonchev–Trinajstić information content (AvgIpc) is 3.66. The molecule has 1 aliphatic heterocycles. The number of carbonyl (C=O) groups is 2. The van der Waals surface area contributed by atoms with Crippen molar-refractivity contribution in [1.29, 1.82) is 0 Å². The number of thioether (sulfide) groups is 1. The van der Waals surface area contributed by atoms with Gasteiger partial charge in [-0.25, -0.2) is 0 Å². The summed E-state index contributed by atoms with van der Waals surface area (Å²) in [5.41, 5.74) is 1.59. The smallest absolute Gasteiger partial charge is 0.267 e. The number of amidine groups is 1. The number of halogens is 2. The van der Waals surface area contributed by atoms with E-state index in [4.69, 9.17) is 41.8 Å². The second kappa shape index (κ2) is 14.9. The molecule has 0 spiro atoms. The molecule has 0 bridgehead atoms. The first-order valence-electron chi connectivity index (χ1n) is 13.5. The minimum atomic E-state index is -0.386. The molecule has 236 valence electrons. The minimum Gasteiger partial charge on any atom is -0.502 e. The molecule has 0 saturated carbocycles. The van der Waals surface area contributed by atoms with E-state index in [2.05, 4.69) is 15.5 Å². The lowest BCUT2D eigenvalue weighted by Gasteiger charge is -2.13. The lowest BCUT2D eigenvalue weighted by Crippen LogP contribution is -2.28. The fourth-order valence-electron chi connectivity index (χ4n) is 4.19. The molecule has 14 heteroatoms. The number of rotatable bonds is 11. The lowest BCUT2D eigenvalue weighted by atomic mass is 10.2. The van der Waals surface area contributed by atoms with Crippen molar-refractivity contribution in [3.63, 3.8) is 0 Å². The van der Waals surface area contributed by atoms with Crippen LogP contribution in [0.1, 0.15) is 16.9 Å². The zero-order chi connectivity index (χ0) is 32.6. The van der Waals surface area contributed by atoms with Gasteiger partial charge in [-0.05, 0) is 84.6 Å². The highest BCUT2D eigenvalue weighted by molar-refractivity contribution is 8.18. The van der Waals surface area contributed by atoms with Crippen molar-refractivity contribution < 1.29 is 33.3 Å². The fraction of sp³-hybridized carbons (Fsp3) is 0.125. The first-order chi connectivity index (χ1) is 22.2.